The van der Waals surface area contributed by atoms with E-state index in [1.54, 1.807) is 30.5 Å². The van der Waals surface area contributed by atoms with Gasteiger partial charge in [-0.1, -0.05) is 60.3 Å². The predicted octanol–water partition coefficient (Wildman–Crippen LogP) is 6.03. The monoisotopic (exact) mass is 541 g/mol. The summed E-state index contributed by atoms with van der Waals surface area (Å²) >= 11 is 12.0. The molecule has 4 rings (SSSR count). The molecule has 8 nitrogen and oxygen atoms in total. The number of urea groups is 1. The van der Waals surface area contributed by atoms with Crippen molar-refractivity contribution in [2.45, 2.75) is 45.3 Å². The highest BCUT2D eigenvalue weighted by Gasteiger charge is 2.38. The molecule has 1 atom stereocenters. The molecule has 10 heteroatoms. The fraction of sp³-hybridized carbons (Fsp3) is 0.333. The summed E-state index contributed by atoms with van der Waals surface area (Å²) < 4.78 is 0. The van der Waals surface area contributed by atoms with E-state index in [-0.39, 0.29) is 31.5 Å². The van der Waals surface area contributed by atoms with E-state index in [0.717, 1.165) is 35.7 Å². The van der Waals surface area contributed by atoms with Crippen LogP contribution >= 0.6 is 23.2 Å². The number of hydrogen-bond acceptors (Lipinski definition) is 5. The molecule has 1 aromatic heterocycles. The number of halogens is 2. The number of rotatable bonds is 9. The van der Waals surface area contributed by atoms with Crippen LogP contribution in [0.2, 0.25) is 10.0 Å². The molecule has 2 aromatic carbocycles. The molecule has 3 aromatic rings. The maximum atomic E-state index is 13.3. The number of unbranched alkanes of at least 4 members (excludes halogenated alkanes) is 2. The fourth-order valence-electron chi connectivity index (χ4n) is 4.10. The molecule has 0 aliphatic carbocycles. The third kappa shape index (κ3) is 7.11. The number of pyridine rings is 1. The van der Waals surface area contributed by atoms with Gasteiger partial charge in [0.1, 0.15) is 12.6 Å². The van der Waals surface area contributed by atoms with E-state index >= 15 is 0 Å². The second kappa shape index (κ2) is 12.7. The number of hydrogen-bond donors (Lipinski definition) is 2. The van der Waals surface area contributed by atoms with Gasteiger partial charge in [0.15, 0.2) is 0 Å². The van der Waals surface area contributed by atoms with Crippen LogP contribution in [0.3, 0.4) is 0 Å². The Bertz CT molecular complexity index is 1300. The number of carbonyl (C=O) groups excluding carboxylic acids is 2. The van der Waals surface area contributed by atoms with Gasteiger partial charge < -0.3 is 20.4 Å². The topological polar surface area (TPSA) is 95.9 Å². The minimum atomic E-state index is -0.719. The molecule has 1 saturated heterocycles. The third-order valence-electron chi connectivity index (χ3n) is 6.06. The SMILES string of the molecule is CCCCCNC(=O)N1CC(=NOCc2ccc(Cl)c(Cl)c2)C[C@H]1C(=O)Nc1ccc2ncccc2c1. The normalized spacial score (nSPS) is 16.2. The molecule has 194 valence electrons. The van der Waals surface area contributed by atoms with E-state index in [1.165, 1.54) is 4.90 Å². The molecule has 37 heavy (non-hydrogen) atoms. The van der Waals surface area contributed by atoms with Gasteiger partial charge >= 0.3 is 6.03 Å². The summed E-state index contributed by atoms with van der Waals surface area (Å²) in [4.78, 5) is 37.6. The van der Waals surface area contributed by atoms with Crippen LogP contribution in [0.4, 0.5) is 10.5 Å². The van der Waals surface area contributed by atoms with Gasteiger partial charge in [0, 0.05) is 30.2 Å². The summed E-state index contributed by atoms with van der Waals surface area (Å²) in [6.45, 7) is 3.04. The third-order valence-corrected chi connectivity index (χ3v) is 6.80. The van der Waals surface area contributed by atoms with Crippen molar-refractivity contribution in [2.75, 3.05) is 18.4 Å². The number of carbonyl (C=O) groups is 2. The van der Waals surface area contributed by atoms with Crippen molar-refractivity contribution in [3.05, 3.63) is 70.3 Å². The number of fused-ring (bicyclic) bond motifs is 1. The molecule has 1 aliphatic rings. The zero-order valence-electron chi connectivity index (χ0n) is 20.5. The first-order valence-electron chi connectivity index (χ1n) is 12.3. The van der Waals surface area contributed by atoms with Crippen LogP contribution in [0.5, 0.6) is 0 Å². The number of aromatic nitrogens is 1. The number of amides is 3. The lowest BCUT2D eigenvalue weighted by atomic mass is 10.1. The highest BCUT2D eigenvalue weighted by molar-refractivity contribution is 6.42. The number of nitrogens with one attached hydrogen (secondary N) is 2. The van der Waals surface area contributed by atoms with Crippen molar-refractivity contribution >= 4 is 57.4 Å². The second-order valence-corrected chi connectivity index (χ2v) is 9.68. The van der Waals surface area contributed by atoms with Crippen molar-refractivity contribution in [3.63, 3.8) is 0 Å². The summed E-state index contributed by atoms with van der Waals surface area (Å²) in [5.41, 5.74) is 2.88. The van der Waals surface area contributed by atoms with Gasteiger partial charge in [0.25, 0.3) is 0 Å². The van der Waals surface area contributed by atoms with Crippen molar-refractivity contribution in [1.82, 2.24) is 15.2 Å². The lowest BCUT2D eigenvalue weighted by Gasteiger charge is -2.23. The van der Waals surface area contributed by atoms with Crippen molar-refractivity contribution in [3.8, 4) is 0 Å². The van der Waals surface area contributed by atoms with E-state index < -0.39 is 6.04 Å². The van der Waals surface area contributed by atoms with Crippen LogP contribution in [0, 0.1) is 0 Å². The Labute approximate surface area is 226 Å². The second-order valence-electron chi connectivity index (χ2n) is 8.87. The summed E-state index contributed by atoms with van der Waals surface area (Å²) in [6, 6.07) is 13.5. The Morgan fingerprint density at radius 1 is 1.14 bits per heavy atom. The molecular formula is C27H29Cl2N5O3. The molecule has 0 unspecified atom stereocenters. The van der Waals surface area contributed by atoms with Crippen molar-refractivity contribution in [1.29, 1.82) is 0 Å². The quantitative estimate of drug-likeness (QED) is 0.255. The van der Waals surface area contributed by atoms with Crippen LogP contribution in [-0.4, -0.2) is 46.7 Å². The summed E-state index contributed by atoms with van der Waals surface area (Å²) in [6.07, 6.45) is 4.95. The maximum Gasteiger partial charge on any atom is 0.318 e. The van der Waals surface area contributed by atoms with Gasteiger partial charge in [0.2, 0.25) is 5.91 Å². The molecule has 3 amide bonds. The first-order valence-corrected chi connectivity index (χ1v) is 13.0. The van der Waals surface area contributed by atoms with Gasteiger partial charge in [-0.05, 0) is 48.4 Å². The average Bonchev–Trinajstić information content (AvgIpc) is 3.33. The van der Waals surface area contributed by atoms with Crippen LogP contribution in [0.25, 0.3) is 10.9 Å². The van der Waals surface area contributed by atoms with E-state index in [4.69, 9.17) is 28.0 Å². The minimum Gasteiger partial charge on any atom is -0.391 e. The molecule has 1 aliphatic heterocycles. The molecule has 0 bridgehead atoms. The van der Waals surface area contributed by atoms with Gasteiger partial charge in [-0.15, -0.1) is 0 Å². The van der Waals surface area contributed by atoms with E-state index in [1.807, 2.05) is 24.3 Å². The number of benzene rings is 2. The van der Waals surface area contributed by atoms with Crippen molar-refractivity contribution < 1.29 is 14.4 Å². The highest BCUT2D eigenvalue weighted by Crippen LogP contribution is 2.24. The Morgan fingerprint density at radius 2 is 2.00 bits per heavy atom. The zero-order chi connectivity index (χ0) is 26.2. The number of anilines is 1. The number of likely N-dealkylation sites (tertiary alicyclic amines) is 1. The molecular weight excluding hydrogens is 513 g/mol. The summed E-state index contributed by atoms with van der Waals surface area (Å²) in [5, 5.41) is 11.9. The molecule has 0 spiro atoms. The number of nitrogens with zero attached hydrogens (tertiary/aromatic N) is 3. The van der Waals surface area contributed by atoms with Gasteiger partial charge in [-0.3, -0.25) is 9.78 Å². The Morgan fingerprint density at radius 3 is 2.81 bits per heavy atom. The number of oxime groups is 1. The molecule has 2 heterocycles. The standard InChI is InChI=1S/C27H29Cl2N5O3/c1-2-3-4-11-31-27(36)34-16-21(33-37-17-18-7-9-22(28)23(29)13-18)15-25(34)26(35)32-20-8-10-24-19(14-20)6-5-12-30-24/h5-10,12-14,25H,2-4,11,15-17H2,1H3,(H,31,36)(H,32,35)/t25-/m0/s1. The highest BCUT2D eigenvalue weighted by atomic mass is 35.5. The lowest BCUT2D eigenvalue weighted by molar-refractivity contribution is -0.119. The Hall–Kier alpha value is -3.36. The van der Waals surface area contributed by atoms with Crippen LogP contribution < -0.4 is 10.6 Å². The van der Waals surface area contributed by atoms with E-state index in [9.17, 15) is 9.59 Å². The molecule has 0 saturated carbocycles. The van der Waals surface area contributed by atoms with Gasteiger partial charge in [-0.25, -0.2) is 4.79 Å². The Kier molecular flexibility index (Phi) is 9.19. The Balaban J connectivity index is 1.45. The average molecular weight is 542 g/mol. The fourth-order valence-corrected chi connectivity index (χ4v) is 4.42. The van der Waals surface area contributed by atoms with Crippen LogP contribution in [0.1, 0.15) is 38.2 Å². The van der Waals surface area contributed by atoms with Gasteiger partial charge in [0.05, 0.1) is 27.8 Å². The first kappa shape index (κ1) is 26.7. The molecule has 1 fully saturated rings. The smallest absolute Gasteiger partial charge is 0.318 e. The predicted molar refractivity (Wildman–Crippen MR) is 147 cm³/mol. The van der Waals surface area contributed by atoms with Crippen LogP contribution in [-0.2, 0) is 16.2 Å². The van der Waals surface area contributed by atoms with Gasteiger partial charge in [-0.2, -0.15) is 0 Å². The summed E-state index contributed by atoms with van der Waals surface area (Å²) in [5.74, 6) is -0.290. The van der Waals surface area contributed by atoms with Crippen LogP contribution in [0.15, 0.2) is 59.9 Å². The lowest BCUT2D eigenvalue weighted by Crippen LogP contribution is -2.48. The minimum absolute atomic E-state index is 0.186. The van der Waals surface area contributed by atoms with E-state index in [2.05, 4.69) is 27.7 Å². The zero-order valence-corrected chi connectivity index (χ0v) is 22.1. The maximum absolute atomic E-state index is 13.3. The molecule has 0 radical (unpaired) electrons. The van der Waals surface area contributed by atoms with E-state index in [0.29, 0.717) is 28.0 Å². The largest absolute Gasteiger partial charge is 0.391 e. The molecule has 2 N–H and O–H groups in total. The van der Waals surface area contributed by atoms with Crippen molar-refractivity contribution in [2.24, 2.45) is 5.16 Å². The summed E-state index contributed by atoms with van der Waals surface area (Å²) in [7, 11) is 0. The first-order chi connectivity index (χ1) is 17.9.